The molecule has 0 radical (unpaired) electrons. The van der Waals surface area contributed by atoms with Gasteiger partial charge in [0.25, 0.3) is 0 Å². The number of esters is 1. The number of aromatic nitrogens is 1. The van der Waals surface area contributed by atoms with Crippen LogP contribution in [0.4, 0.5) is 18.9 Å². The predicted octanol–water partition coefficient (Wildman–Crippen LogP) is 6.39. The number of pyridine rings is 1. The van der Waals surface area contributed by atoms with Gasteiger partial charge in [0.2, 0.25) is 5.88 Å². The summed E-state index contributed by atoms with van der Waals surface area (Å²) in [4.78, 5) is 19.9. The molecule has 1 N–H and O–H groups in total. The molecule has 6 nitrogen and oxygen atoms in total. The Labute approximate surface area is 226 Å². The predicted molar refractivity (Wildman–Crippen MR) is 143 cm³/mol. The number of allylic oxidation sites excluding steroid dienone is 1. The second-order valence-electron chi connectivity index (χ2n) is 9.78. The van der Waals surface area contributed by atoms with Crippen molar-refractivity contribution in [3.05, 3.63) is 100 Å². The van der Waals surface area contributed by atoms with Crippen LogP contribution in [0.1, 0.15) is 48.9 Å². The molecular formula is C30H32F3N3O3. The minimum Gasteiger partial charge on any atom is -0.475 e. The molecule has 0 aliphatic carbocycles. The van der Waals surface area contributed by atoms with Crippen molar-refractivity contribution in [1.82, 2.24) is 9.88 Å². The Balaban J connectivity index is 1.68. The van der Waals surface area contributed by atoms with E-state index in [0.717, 1.165) is 11.6 Å². The lowest BCUT2D eigenvalue weighted by Gasteiger charge is -2.32. The molecule has 1 atom stereocenters. The molecule has 3 aromatic rings. The molecule has 2 aromatic carbocycles. The van der Waals surface area contributed by atoms with Gasteiger partial charge in [-0.25, -0.2) is 9.78 Å². The molecule has 2 heterocycles. The first kappa shape index (κ1) is 28.2. The number of alkyl halides is 3. The number of hydrogen-bond donors (Lipinski definition) is 1. The van der Waals surface area contributed by atoms with Crippen LogP contribution in [0.2, 0.25) is 0 Å². The van der Waals surface area contributed by atoms with Gasteiger partial charge in [0.1, 0.15) is 6.61 Å². The number of anilines is 1. The Hall–Kier alpha value is -3.85. The van der Waals surface area contributed by atoms with Gasteiger partial charge in [-0.1, -0.05) is 48.5 Å². The lowest BCUT2D eigenvalue weighted by molar-refractivity contribution is -0.141. The molecule has 0 saturated carbocycles. The van der Waals surface area contributed by atoms with Crippen LogP contribution in [0.5, 0.6) is 5.88 Å². The molecule has 0 amide bonds. The average Bonchev–Trinajstić information content (AvgIpc) is 2.87. The SMILES string of the molecule is CC1=C(C(=O)OCCN(C)Cc2ccccc2)[C@H](c2ccccc2C(F)(F)F)c2c(ccnc2OC(C)C)N1. The summed E-state index contributed by atoms with van der Waals surface area (Å²) in [6.45, 7) is 6.45. The molecule has 9 heteroatoms. The molecule has 1 aromatic heterocycles. The lowest BCUT2D eigenvalue weighted by atomic mass is 9.79. The van der Waals surface area contributed by atoms with Crippen LogP contribution in [0.15, 0.2) is 78.1 Å². The van der Waals surface area contributed by atoms with Gasteiger partial charge in [-0.15, -0.1) is 0 Å². The van der Waals surface area contributed by atoms with Gasteiger partial charge in [-0.3, -0.25) is 4.90 Å². The highest BCUT2D eigenvalue weighted by Crippen LogP contribution is 2.48. The summed E-state index contributed by atoms with van der Waals surface area (Å²) >= 11 is 0. The van der Waals surface area contributed by atoms with E-state index in [9.17, 15) is 18.0 Å². The van der Waals surface area contributed by atoms with E-state index in [0.29, 0.717) is 30.0 Å². The van der Waals surface area contributed by atoms with Crippen molar-refractivity contribution in [3.8, 4) is 5.88 Å². The number of nitrogens with zero attached hydrogens (tertiary/aromatic N) is 2. The van der Waals surface area contributed by atoms with Gasteiger partial charge in [0.15, 0.2) is 0 Å². The van der Waals surface area contributed by atoms with Crippen LogP contribution in [0.25, 0.3) is 0 Å². The quantitative estimate of drug-likeness (QED) is 0.318. The van der Waals surface area contributed by atoms with E-state index in [1.807, 2.05) is 42.3 Å². The Morgan fingerprint density at radius 3 is 2.46 bits per heavy atom. The lowest BCUT2D eigenvalue weighted by Crippen LogP contribution is -2.29. The summed E-state index contributed by atoms with van der Waals surface area (Å²) in [6.07, 6.45) is -3.40. The van der Waals surface area contributed by atoms with Crippen molar-refractivity contribution in [3.63, 3.8) is 0 Å². The molecule has 0 spiro atoms. The Morgan fingerprint density at radius 1 is 1.08 bits per heavy atom. The van der Waals surface area contributed by atoms with Crippen LogP contribution in [0, 0.1) is 0 Å². The fraction of sp³-hybridized carbons (Fsp3) is 0.333. The van der Waals surface area contributed by atoms with Crippen molar-refractivity contribution < 1.29 is 27.4 Å². The fourth-order valence-corrected chi connectivity index (χ4v) is 4.72. The summed E-state index contributed by atoms with van der Waals surface area (Å²) in [5.41, 5.74) is 1.61. The van der Waals surface area contributed by atoms with Crippen LogP contribution in [-0.2, 0) is 22.3 Å². The number of likely N-dealkylation sites (N-methyl/N-ethyl adjacent to an activating group) is 1. The third-order valence-electron chi connectivity index (χ3n) is 6.40. The Morgan fingerprint density at radius 2 is 1.77 bits per heavy atom. The Bertz CT molecular complexity index is 1340. The van der Waals surface area contributed by atoms with Crippen LogP contribution < -0.4 is 10.1 Å². The number of benzene rings is 2. The number of hydrogen-bond acceptors (Lipinski definition) is 6. The zero-order valence-electron chi connectivity index (χ0n) is 22.4. The van der Waals surface area contributed by atoms with E-state index in [2.05, 4.69) is 10.3 Å². The van der Waals surface area contributed by atoms with Gasteiger partial charge < -0.3 is 14.8 Å². The Kier molecular flexibility index (Phi) is 8.60. The summed E-state index contributed by atoms with van der Waals surface area (Å²) < 4.78 is 54.1. The molecule has 0 bridgehead atoms. The number of rotatable bonds is 9. The van der Waals surface area contributed by atoms with E-state index in [1.165, 1.54) is 24.4 Å². The maximum absolute atomic E-state index is 14.2. The average molecular weight is 540 g/mol. The van der Waals surface area contributed by atoms with E-state index in [4.69, 9.17) is 9.47 Å². The van der Waals surface area contributed by atoms with Crippen molar-refractivity contribution in [1.29, 1.82) is 0 Å². The highest BCUT2D eigenvalue weighted by molar-refractivity contribution is 5.95. The molecular weight excluding hydrogens is 507 g/mol. The maximum Gasteiger partial charge on any atom is 0.416 e. The molecule has 206 valence electrons. The zero-order valence-corrected chi connectivity index (χ0v) is 22.4. The topological polar surface area (TPSA) is 63.7 Å². The molecule has 1 aliphatic heterocycles. The van der Waals surface area contributed by atoms with Gasteiger partial charge >= 0.3 is 12.1 Å². The monoisotopic (exact) mass is 539 g/mol. The van der Waals surface area contributed by atoms with E-state index in [1.54, 1.807) is 26.8 Å². The largest absolute Gasteiger partial charge is 0.475 e. The number of carbonyl (C=O) groups is 1. The number of fused-ring (bicyclic) bond motifs is 1. The second kappa shape index (κ2) is 11.9. The minimum atomic E-state index is -4.63. The van der Waals surface area contributed by atoms with Gasteiger partial charge in [0, 0.05) is 36.2 Å². The molecule has 0 saturated heterocycles. The standard InChI is InChI=1S/C30H32F3N3O3/c1-19(2)39-28-27-24(14-15-34-28)35-20(3)25(26(27)22-12-8-9-13-23(22)30(31,32)33)29(37)38-17-16-36(4)18-21-10-6-5-7-11-21/h5-15,19,26,35H,16-18H2,1-4H3/t26-/m0/s1. The molecule has 4 rings (SSSR count). The third kappa shape index (κ3) is 6.60. The van der Waals surface area contributed by atoms with Crippen LogP contribution in [0.3, 0.4) is 0 Å². The second-order valence-corrected chi connectivity index (χ2v) is 9.78. The first-order chi connectivity index (χ1) is 18.6. The van der Waals surface area contributed by atoms with Crippen LogP contribution in [-0.4, -0.2) is 42.2 Å². The molecule has 1 aliphatic rings. The number of halogens is 3. The molecule has 0 unspecified atom stereocenters. The van der Waals surface area contributed by atoms with Crippen molar-refractivity contribution in [2.75, 3.05) is 25.5 Å². The normalized spacial score (nSPS) is 15.3. The summed E-state index contributed by atoms with van der Waals surface area (Å²) in [5.74, 6) is -1.63. The summed E-state index contributed by atoms with van der Waals surface area (Å²) in [6, 6.07) is 16.8. The zero-order chi connectivity index (χ0) is 28.2. The number of carbonyl (C=O) groups excluding carboxylic acids is 1. The highest BCUT2D eigenvalue weighted by atomic mass is 19.4. The highest BCUT2D eigenvalue weighted by Gasteiger charge is 2.42. The maximum atomic E-state index is 14.2. The summed E-state index contributed by atoms with van der Waals surface area (Å²) in [7, 11) is 1.91. The fourth-order valence-electron chi connectivity index (χ4n) is 4.72. The van der Waals surface area contributed by atoms with Gasteiger partial charge in [-0.2, -0.15) is 13.2 Å². The van der Waals surface area contributed by atoms with E-state index in [-0.39, 0.29) is 29.7 Å². The van der Waals surface area contributed by atoms with Crippen LogP contribution >= 0.6 is 0 Å². The van der Waals surface area contributed by atoms with Gasteiger partial charge in [-0.05, 0) is 51.1 Å². The summed E-state index contributed by atoms with van der Waals surface area (Å²) in [5, 5.41) is 3.16. The number of ether oxygens (including phenoxy) is 2. The van der Waals surface area contributed by atoms with Crippen molar-refractivity contribution in [2.24, 2.45) is 0 Å². The van der Waals surface area contributed by atoms with Crippen molar-refractivity contribution >= 4 is 11.7 Å². The van der Waals surface area contributed by atoms with E-state index >= 15 is 0 Å². The molecule has 0 fully saturated rings. The number of nitrogens with one attached hydrogen (secondary N) is 1. The smallest absolute Gasteiger partial charge is 0.416 e. The van der Waals surface area contributed by atoms with E-state index < -0.39 is 23.6 Å². The van der Waals surface area contributed by atoms with Gasteiger partial charge in [0.05, 0.1) is 23.2 Å². The minimum absolute atomic E-state index is 0.0677. The first-order valence-electron chi connectivity index (χ1n) is 12.7. The first-order valence-corrected chi connectivity index (χ1v) is 12.7. The third-order valence-corrected chi connectivity index (χ3v) is 6.40. The van der Waals surface area contributed by atoms with Crippen molar-refractivity contribution in [2.45, 2.75) is 45.5 Å². The molecule has 39 heavy (non-hydrogen) atoms.